The largest absolute Gasteiger partial charge is 0.503 e. The van der Waals surface area contributed by atoms with E-state index in [1.165, 1.54) is 12.1 Å². The lowest BCUT2D eigenvalue weighted by Crippen LogP contribution is -2.26. The van der Waals surface area contributed by atoms with Crippen molar-refractivity contribution < 1.29 is 14.6 Å². The molecule has 0 saturated carbocycles. The Morgan fingerprint density at radius 1 is 1.39 bits per heavy atom. The van der Waals surface area contributed by atoms with Crippen LogP contribution in [0.2, 0.25) is 5.02 Å². The van der Waals surface area contributed by atoms with Crippen molar-refractivity contribution in [3.63, 3.8) is 0 Å². The van der Waals surface area contributed by atoms with Crippen LogP contribution in [0.1, 0.15) is 35.8 Å². The molecule has 1 unspecified atom stereocenters. The molecule has 2 aromatic carbocycles. The second-order valence-corrected chi connectivity index (χ2v) is 6.22. The van der Waals surface area contributed by atoms with Gasteiger partial charge in [0.15, 0.2) is 11.5 Å². The highest BCUT2D eigenvalue weighted by Gasteiger charge is 2.17. The van der Waals surface area contributed by atoms with Gasteiger partial charge in [-0.1, -0.05) is 45.7 Å². The predicted molar refractivity (Wildman–Crippen MR) is 94.3 cm³/mol. The molecule has 2 rings (SSSR count). The topological polar surface area (TPSA) is 58.6 Å². The molecular weight excluding hydrogens is 382 g/mol. The molecule has 122 valence electrons. The van der Waals surface area contributed by atoms with E-state index < -0.39 is 0 Å². The van der Waals surface area contributed by atoms with Crippen molar-refractivity contribution in [1.29, 1.82) is 0 Å². The van der Waals surface area contributed by atoms with E-state index in [1.807, 2.05) is 31.2 Å². The summed E-state index contributed by atoms with van der Waals surface area (Å²) in [5.74, 6) is -0.265. The quantitative estimate of drug-likeness (QED) is 0.767. The lowest BCUT2D eigenvalue weighted by Gasteiger charge is -2.17. The average Bonchev–Trinajstić information content (AvgIpc) is 2.52. The minimum atomic E-state index is -0.295. The lowest BCUT2D eigenvalue weighted by molar-refractivity contribution is 0.0939. The zero-order valence-corrected chi connectivity index (χ0v) is 15.1. The van der Waals surface area contributed by atoms with Crippen molar-refractivity contribution in [2.75, 3.05) is 6.61 Å². The van der Waals surface area contributed by atoms with E-state index in [1.54, 1.807) is 6.92 Å². The monoisotopic (exact) mass is 397 g/mol. The summed E-state index contributed by atoms with van der Waals surface area (Å²) >= 11 is 9.43. The molecule has 0 saturated heterocycles. The molecule has 2 N–H and O–H groups in total. The number of aromatic hydroxyl groups is 1. The first-order valence-corrected chi connectivity index (χ1v) is 8.31. The van der Waals surface area contributed by atoms with Crippen molar-refractivity contribution in [2.45, 2.75) is 19.9 Å². The number of carbonyl (C=O) groups is 1. The van der Waals surface area contributed by atoms with Crippen molar-refractivity contribution in [1.82, 2.24) is 5.32 Å². The Balaban J connectivity index is 2.22. The van der Waals surface area contributed by atoms with Gasteiger partial charge in [-0.3, -0.25) is 4.79 Å². The Kier molecular flexibility index (Phi) is 5.91. The van der Waals surface area contributed by atoms with E-state index >= 15 is 0 Å². The number of hydrogen-bond acceptors (Lipinski definition) is 3. The van der Waals surface area contributed by atoms with Crippen LogP contribution in [-0.2, 0) is 0 Å². The second kappa shape index (κ2) is 7.70. The van der Waals surface area contributed by atoms with E-state index in [2.05, 4.69) is 21.2 Å². The van der Waals surface area contributed by atoms with Crippen LogP contribution in [0.5, 0.6) is 11.5 Å². The number of benzene rings is 2. The fourth-order valence-corrected chi connectivity index (χ4v) is 2.99. The maximum Gasteiger partial charge on any atom is 0.251 e. The molecule has 4 nitrogen and oxygen atoms in total. The van der Waals surface area contributed by atoms with Gasteiger partial charge < -0.3 is 15.2 Å². The number of phenols is 1. The Morgan fingerprint density at radius 2 is 2.09 bits per heavy atom. The van der Waals surface area contributed by atoms with Crippen molar-refractivity contribution >= 4 is 33.4 Å². The van der Waals surface area contributed by atoms with E-state index in [9.17, 15) is 9.90 Å². The molecule has 23 heavy (non-hydrogen) atoms. The number of nitrogens with one attached hydrogen (secondary N) is 1. The molecule has 0 bridgehead atoms. The number of halogens is 2. The predicted octanol–water partition coefficient (Wildman–Crippen LogP) is 4.70. The molecule has 2 aromatic rings. The Morgan fingerprint density at radius 3 is 2.74 bits per heavy atom. The highest BCUT2D eigenvalue weighted by atomic mass is 79.9. The third-order valence-corrected chi connectivity index (χ3v) is 4.32. The third-order valence-electron chi connectivity index (χ3n) is 3.31. The lowest BCUT2D eigenvalue weighted by atomic mass is 10.1. The molecule has 0 aliphatic rings. The highest BCUT2D eigenvalue weighted by molar-refractivity contribution is 9.10. The van der Waals surface area contributed by atoms with Crippen LogP contribution in [-0.4, -0.2) is 17.6 Å². The van der Waals surface area contributed by atoms with Gasteiger partial charge in [0.1, 0.15) is 0 Å². The summed E-state index contributed by atoms with van der Waals surface area (Å²) < 4.78 is 6.22. The molecular formula is C17H17BrClNO3. The van der Waals surface area contributed by atoms with Gasteiger partial charge in [0, 0.05) is 10.0 Å². The van der Waals surface area contributed by atoms with Gasteiger partial charge in [-0.2, -0.15) is 0 Å². The van der Waals surface area contributed by atoms with Crippen LogP contribution < -0.4 is 10.1 Å². The molecule has 0 spiro atoms. The number of rotatable bonds is 5. The Hall–Kier alpha value is -1.72. The Labute approximate surface area is 148 Å². The smallest absolute Gasteiger partial charge is 0.251 e. The van der Waals surface area contributed by atoms with E-state index in [-0.39, 0.29) is 28.5 Å². The minimum absolute atomic E-state index is 0.0784. The SMILES string of the molecule is CCOc1cc(C(=O)NC(C)c2ccccc2Br)cc(Cl)c1O. The van der Waals surface area contributed by atoms with Gasteiger partial charge >= 0.3 is 0 Å². The molecule has 0 heterocycles. The van der Waals surface area contributed by atoms with Crippen molar-refractivity contribution in [3.05, 3.63) is 57.0 Å². The molecule has 0 aliphatic carbocycles. The molecule has 1 amide bonds. The summed E-state index contributed by atoms with van der Waals surface area (Å²) in [6, 6.07) is 10.4. The first kappa shape index (κ1) is 17.6. The maximum atomic E-state index is 12.4. The van der Waals surface area contributed by atoms with E-state index in [0.29, 0.717) is 12.2 Å². The summed E-state index contributed by atoms with van der Waals surface area (Å²) in [4.78, 5) is 12.4. The van der Waals surface area contributed by atoms with Gasteiger partial charge in [-0.05, 0) is 37.6 Å². The van der Waals surface area contributed by atoms with Crippen molar-refractivity contribution in [3.8, 4) is 11.5 Å². The van der Waals surface area contributed by atoms with Crippen LogP contribution in [0.25, 0.3) is 0 Å². The van der Waals surface area contributed by atoms with Gasteiger partial charge in [-0.15, -0.1) is 0 Å². The summed E-state index contributed by atoms with van der Waals surface area (Å²) in [6.45, 7) is 4.04. The molecule has 6 heteroatoms. The molecule has 0 fully saturated rings. The number of carbonyl (C=O) groups excluding carboxylic acids is 1. The number of phenolic OH excluding ortho intramolecular Hbond substituents is 1. The van der Waals surface area contributed by atoms with E-state index in [4.69, 9.17) is 16.3 Å². The van der Waals surface area contributed by atoms with Crippen LogP contribution in [0.3, 0.4) is 0 Å². The molecule has 1 atom stereocenters. The minimum Gasteiger partial charge on any atom is -0.503 e. The second-order valence-electron chi connectivity index (χ2n) is 4.95. The van der Waals surface area contributed by atoms with Crippen LogP contribution in [0, 0.1) is 0 Å². The maximum absolute atomic E-state index is 12.4. The molecule has 0 radical (unpaired) electrons. The Bertz CT molecular complexity index is 721. The number of ether oxygens (including phenoxy) is 1. The van der Waals surface area contributed by atoms with Gasteiger partial charge in [0.05, 0.1) is 17.7 Å². The van der Waals surface area contributed by atoms with Crippen LogP contribution >= 0.6 is 27.5 Å². The first-order valence-electron chi connectivity index (χ1n) is 7.14. The van der Waals surface area contributed by atoms with Crippen LogP contribution in [0.15, 0.2) is 40.9 Å². The summed E-state index contributed by atoms with van der Waals surface area (Å²) in [5, 5.41) is 12.8. The average molecular weight is 399 g/mol. The number of amides is 1. The van der Waals surface area contributed by atoms with Crippen LogP contribution in [0.4, 0.5) is 0 Å². The standard InChI is InChI=1S/C17H17BrClNO3/c1-3-23-15-9-11(8-14(19)16(15)21)17(22)20-10(2)12-6-4-5-7-13(12)18/h4-10,21H,3H2,1-2H3,(H,20,22). The first-order chi connectivity index (χ1) is 10.9. The zero-order valence-electron chi connectivity index (χ0n) is 12.8. The number of hydrogen-bond donors (Lipinski definition) is 2. The summed E-state index contributed by atoms with van der Waals surface area (Å²) in [5.41, 5.74) is 1.30. The normalized spacial score (nSPS) is 11.8. The zero-order chi connectivity index (χ0) is 17.0. The van der Waals surface area contributed by atoms with Crippen molar-refractivity contribution in [2.24, 2.45) is 0 Å². The fraction of sp³-hybridized carbons (Fsp3) is 0.235. The third kappa shape index (κ3) is 4.18. The summed E-state index contributed by atoms with van der Waals surface area (Å²) in [7, 11) is 0. The van der Waals surface area contributed by atoms with Gasteiger partial charge in [-0.25, -0.2) is 0 Å². The van der Waals surface area contributed by atoms with Gasteiger partial charge in [0.25, 0.3) is 5.91 Å². The summed E-state index contributed by atoms with van der Waals surface area (Å²) in [6.07, 6.45) is 0. The van der Waals surface area contributed by atoms with Gasteiger partial charge in [0.2, 0.25) is 0 Å². The molecule has 0 aliphatic heterocycles. The molecule has 0 aromatic heterocycles. The fourth-order valence-electron chi connectivity index (χ4n) is 2.15. The highest BCUT2D eigenvalue weighted by Crippen LogP contribution is 2.35. The van der Waals surface area contributed by atoms with E-state index in [0.717, 1.165) is 10.0 Å².